The highest BCUT2D eigenvalue weighted by Crippen LogP contribution is 2.32. The van der Waals surface area contributed by atoms with Crippen LogP contribution >= 0.6 is 23.1 Å². The van der Waals surface area contributed by atoms with E-state index >= 15 is 0 Å². The van der Waals surface area contributed by atoms with Crippen LogP contribution in [0.5, 0.6) is 11.5 Å². The molecule has 1 amide bonds. The minimum absolute atomic E-state index is 0.135. The first-order chi connectivity index (χ1) is 13.8. The minimum Gasteiger partial charge on any atom is -0.457 e. The van der Waals surface area contributed by atoms with E-state index in [0.717, 1.165) is 34.9 Å². The third kappa shape index (κ3) is 5.48. The third-order valence-corrected chi connectivity index (χ3v) is 5.31. The summed E-state index contributed by atoms with van der Waals surface area (Å²) in [6.07, 6.45) is -3.57. The number of nitrogens with zero attached hydrogens (tertiary/aromatic N) is 1. The smallest absolute Gasteiger partial charge is 0.416 e. The van der Waals surface area contributed by atoms with Crippen LogP contribution in [0.2, 0.25) is 5.02 Å². The number of carbonyl (C=O) groups excluding carboxylic acids is 1. The van der Waals surface area contributed by atoms with E-state index in [1.165, 1.54) is 12.1 Å². The number of aryl methyl sites for hydroxylation is 1. The summed E-state index contributed by atoms with van der Waals surface area (Å²) in [6, 6.07) is 11.2. The molecule has 0 unspecified atom stereocenters. The molecule has 29 heavy (non-hydrogen) atoms. The van der Waals surface area contributed by atoms with E-state index in [1.807, 2.05) is 6.92 Å². The lowest BCUT2D eigenvalue weighted by atomic mass is 10.1. The maximum atomic E-state index is 12.6. The predicted molar refractivity (Wildman–Crippen MR) is 107 cm³/mol. The molecule has 0 aliphatic carbocycles. The van der Waals surface area contributed by atoms with Crippen LogP contribution in [0.25, 0.3) is 0 Å². The lowest BCUT2D eigenvalue weighted by Gasteiger charge is -2.09. The van der Waals surface area contributed by atoms with Crippen molar-refractivity contribution < 1.29 is 22.7 Å². The number of benzene rings is 2. The van der Waals surface area contributed by atoms with Crippen molar-refractivity contribution in [2.75, 3.05) is 5.32 Å². The highest BCUT2D eigenvalue weighted by Gasteiger charge is 2.30. The molecule has 9 heteroatoms. The highest BCUT2D eigenvalue weighted by molar-refractivity contribution is 7.11. The number of nitrogens with one attached hydrogen (secondary N) is 1. The van der Waals surface area contributed by atoms with Gasteiger partial charge in [0, 0.05) is 0 Å². The first kappa shape index (κ1) is 21.1. The van der Waals surface area contributed by atoms with Crippen LogP contribution in [0, 0.1) is 0 Å². The molecule has 0 fully saturated rings. The molecule has 1 heterocycles. The van der Waals surface area contributed by atoms with Crippen molar-refractivity contribution in [3.63, 3.8) is 0 Å². The summed E-state index contributed by atoms with van der Waals surface area (Å²) in [7, 11) is 0. The summed E-state index contributed by atoms with van der Waals surface area (Å²) >= 11 is 7.30. The lowest BCUT2D eigenvalue weighted by Crippen LogP contribution is -2.13. The minimum atomic E-state index is -4.39. The van der Waals surface area contributed by atoms with Crippen molar-refractivity contribution >= 4 is 34.0 Å². The number of hydrogen-bond acceptors (Lipinski definition) is 4. The zero-order chi connectivity index (χ0) is 21.0. The molecule has 0 spiro atoms. The largest absolute Gasteiger partial charge is 0.457 e. The van der Waals surface area contributed by atoms with E-state index in [-0.39, 0.29) is 18.1 Å². The first-order valence-corrected chi connectivity index (χ1v) is 9.79. The topological polar surface area (TPSA) is 51.2 Å². The predicted octanol–water partition coefficient (Wildman–Crippen LogP) is 6.35. The molecule has 3 rings (SSSR count). The Hall–Kier alpha value is -2.58. The van der Waals surface area contributed by atoms with E-state index in [1.54, 1.807) is 24.3 Å². The first-order valence-electron chi connectivity index (χ1n) is 8.64. The van der Waals surface area contributed by atoms with Gasteiger partial charge >= 0.3 is 6.18 Å². The van der Waals surface area contributed by atoms with Crippen molar-refractivity contribution in [2.45, 2.75) is 25.9 Å². The number of anilines is 1. The summed E-state index contributed by atoms with van der Waals surface area (Å²) in [4.78, 5) is 12.2. The van der Waals surface area contributed by atoms with Crippen molar-refractivity contribution in [3.8, 4) is 11.5 Å². The third-order valence-electron chi connectivity index (χ3n) is 3.99. The second-order valence-electron chi connectivity index (χ2n) is 6.12. The van der Waals surface area contributed by atoms with Crippen molar-refractivity contribution in [1.29, 1.82) is 0 Å². The Bertz CT molecular complexity index is 986. The quantitative estimate of drug-likeness (QED) is 0.485. The van der Waals surface area contributed by atoms with Crippen molar-refractivity contribution in [2.24, 2.45) is 0 Å². The number of alkyl halides is 3. The van der Waals surface area contributed by atoms with Crippen molar-refractivity contribution in [3.05, 3.63) is 70.4 Å². The number of carbonyl (C=O) groups is 1. The molecule has 0 saturated carbocycles. The van der Waals surface area contributed by atoms with Crippen LogP contribution < -0.4 is 10.1 Å². The van der Waals surface area contributed by atoms with Crippen molar-refractivity contribution in [1.82, 2.24) is 4.37 Å². The lowest BCUT2D eigenvalue weighted by molar-refractivity contribution is -0.137. The van der Waals surface area contributed by atoms with Crippen LogP contribution in [0.3, 0.4) is 0 Å². The summed E-state index contributed by atoms with van der Waals surface area (Å²) < 4.78 is 47.5. The Labute approximate surface area is 174 Å². The fourth-order valence-corrected chi connectivity index (χ4v) is 3.65. The molecular formula is C20H16ClF3N2O2S. The van der Waals surface area contributed by atoms with E-state index < -0.39 is 11.7 Å². The van der Waals surface area contributed by atoms with Gasteiger partial charge in [-0.05, 0) is 59.9 Å². The molecule has 1 aromatic heterocycles. The molecule has 0 radical (unpaired) electrons. The molecule has 152 valence electrons. The normalized spacial score (nSPS) is 11.3. The van der Waals surface area contributed by atoms with Gasteiger partial charge < -0.3 is 10.1 Å². The maximum absolute atomic E-state index is 12.6. The highest BCUT2D eigenvalue weighted by atomic mass is 35.5. The molecule has 1 N–H and O–H groups in total. The Balaban J connectivity index is 1.58. The molecule has 0 aliphatic heterocycles. The zero-order valence-electron chi connectivity index (χ0n) is 15.2. The molecule has 3 aromatic rings. The van der Waals surface area contributed by atoms with Gasteiger partial charge in [0.1, 0.15) is 16.5 Å². The molecule has 0 saturated heterocycles. The number of amides is 1. The van der Waals surface area contributed by atoms with Crippen LogP contribution in [-0.2, 0) is 23.8 Å². The summed E-state index contributed by atoms with van der Waals surface area (Å²) in [6.45, 7) is 1.93. The van der Waals surface area contributed by atoms with Crippen LogP contribution in [-0.4, -0.2) is 10.3 Å². The molecule has 2 aromatic carbocycles. The van der Waals surface area contributed by atoms with Crippen LogP contribution in [0.1, 0.15) is 23.7 Å². The Morgan fingerprint density at radius 1 is 1.10 bits per heavy atom. The van der Waals surface area contributed by atoms with Gasteiger partial charge in [0.25, 0.3) is 0 Å². The molecule has 4 nitrogen and oxygen atoms in total. The van der Waals surface area contributed by atoms with E-state index in [0.29, 0.717) is 22.2 Å². The van der Waals surface area contributed by atoms with Gasteiger partial charge in [-0.1, -0.05) is 30.7 Å². The summed E-state index contributed by atoms with van der Waals surface area (Å²) in [5.41, 5.74) is 0.758. The summed E-state index contributed by atoms with van der Waals surface area (Å²) in [5, 5.41) is 3.74. The maximum Gasteiger partial charge on any atom is 0.416 e. The van der Waals surface area contributed by atoms with E-state index in [9.17, 15) is 18.0 Å². The molecule has 0 atom stereocenters. The fourth-order valence-electron chi connectivity index (χ4n) is 2.49. The monoisotopic (exact) mass is 440 g/mol. The fraction of sp³-hybridized carbons (Fsp3) is 0.200. The van der Waals surface area contributed by atoms with Gasteiger partial charge in [-0.2, -0.15) is 17.5 Å². The van der Waals surface area contributed by atoms with Crippen LogP contribution in [0.4, 0.5) is 18.2 Å². The van der Waals surface area contributed by atoms with Gasteiger partial charge in [0.2, 0.25) is 5.91 Å². The van der Waals surface area contributed by atoms with Gasteiger partial charge in [-0.3, -0.25) is 4.79 Å². The zero-order valence-corrected chi connectivity index (χ0v) is 16.8. The average molecular weight is 441 g/mol. The second kappa shape index (κ2) is 8.84. The summed E-state index contributed by atoms with van der Waals surface area (Å²) in [5.74, 6) is 0.511. The molecule has 0 bridgehead atoms. The van der Waals surface area contributed by atoms with Gasteiger partial charge in [0.05, 0.1) is 22.7 Å². The Morgan fingerprint density at radius 3 is 2.21 bits per heavy atom. The van der Waals surface area contributed by atoms with E-state index in [2.05, 4.69) is 9.69 Å². The Kier molecular flexibility index (Phi) is 6.44. The van der Waals surface area contributed by atoms with Gasteiger partial charge in [0.15, 0.2) is 0 Å². The van der Waals surface area contributed by atoms with Gasteiger partial charge in [-0.15, -0.1) is 0 Å². The number of hydrogen-bond donors (Lipinski definition) is 1. The molecular weight excluding hydrogens is 425 g/mol. The standard InChI is InChI=1S/C20H16ClF3N2O2S/c1-2-16-18(21)19(29-26-16)25-17(27)11-12-3-7-14(8-4-12)28-15-9-5-13(6-10-15)20(22,23)24/h3-10H,2,11H2,1H3,(H,25,27). The van der Waals surface area contributed by atoms with Gasteiger partial charge in [-0.25, -0.2) is 0 Å². The number of halogens is 4. The number of aromatic nitrogens is 1. The average Bonchev–Trinajstić information content (AvgIpc) is 3.02. The SMILES string of the molecule is CCc1nsc(NC(=O)Cc2ccc(Oc3ccc(C(F)(F)F)cc3)cc2)c1Cl. The second-order valence-corrected chi connectivity index (χ2v) is 7.27. The number of rotatable bonds is 6. The Morgan fingerprint density at radius 2 is 1.69 bits per heavy atom. The van der Waals surface area contributed by atoms with E-state index in [4.69, 9.17) is 16.3 Å². The molecule has 0 aliphatic rings. The number of ether oxygens (including phenoxy) is 1. The van der Waals surface area contributed by atoms with Crippen LogP contribution in [0.15, 0.2) is 48.5 Å².